The number of likely N-dealkylation sites (N-methyl/N-ethyl adjacent to an activating group) is 1. The van der Waals surface area contributed by atoms with Gasteiger partial charge in [0.2, 0.25) is 5.95 Å². The number of amides is 2. The molecule has 0 spiro atoms. The van der Waals surface area contributed by atoms with Crippen molar-refractivity contribution in [1.82, 2.24) is 14.9 Å². The van der Waals surface area contributed by atoms with E-state index in [4.69, 9.17) is 9.97 Å². The van der Waals surface area contributed by atoms with Crippen LogP contribution in [0.15, 0.2) is 42.6 Å². The number of hydrogen-bond acceptors (Lipinski definition) is 7. The van der Waals surface area contributed by atoms with Crippen molar-refractivity contribution in [2.75, 3.05) is 53.2 Å². The van der Waals surface area contributed by atoms with Gasteiger partial charge in [0.25, 0.3) is 0 Å². The van der Waals surface area contributed by atoms with E-state index in [0.717, 1.165) is 84.9 Å². The summed E-state index contributed by atoms with van der Waals surface area (Å²) in [5, 5.41) is 13.5. The molecule has 9 heteroatoms. The van der Waals surface area contributed by atoms with Crippen molar-refractivity contribution >= 4 is 34.9 Å². The van der Waals surface area contributed by atoms with E-state index >= 15 is 0 Å². The zero-order valence-electron chi connectivity index (χ0n) is 26.8. The number of hydrogen-bond donors (Lipinski definition) is 2. The minimum Gasteiger partial charge on any atom is -0.392 e. The molecule has 2 amide bonds. The highest BCUT2D eigenvalue weighted by atomic mass is 16.3. The van der Waals surface area contributed by atoms with Crippen LogP contribution in [-0.2, 0) is 13.2 Å². The molecule has 2 aliphatic heterocycles. The maximum atomic E-state index is 14.9. The number of aryl methyl sites for hydroxylation is 1. The van der Waals surface area contributed by atoms with Crippen molar-refractivity contribution in [2.45, 2.75) is 71.1 Å². The van der Waals surface area contributed by atoms with Crippen LogP contribution in [0.3, 0.4) is 0 Å². The van der Waals surface area contributed by atoms with Gasteiger partial charge in [-0.2, -0.15) is 4.98 Å². The molecule has 2 N–H and O–H groups in total. The van der Waals surface area contributed by atoms with Crippen LogP contribution in [0.1, 0.15) is 60.8 Å². The summed E-state index contributed by atoms with van der Waals surface area (Å²) in [5.41, 5.74) is 6.66. The fraction of sp³-hybridized carbons (Fsp3) is 0.528. The molecular weight excluding hydrogens is 562 g/mol. The third-order valence-electron chi connectivity index (χ3n) is 11.5. The molecule has 5 fully saturated rings. The highest BCUT2D eigenvalue weighted by Crippen LogP contribution is 2.59. The number of aromatic nitrogens is 2. The minimum absolute atomic E-state index is 0.00641. The molecule has 6 aliphatic rings. The molecule has 0 radical (unpaired) electrons. The van der Waals surface area contributed by atoms with E-state index in [9.17, 15) is 9.90 Å². The maximum absolute atomic E-state index is 14.9. The van der Waals surface area contributed by atoms with Crippen LogP contribution in [0.5, 0.6) is 0 Å². The molecule has 1 aromatic heterocycles. The van der Waals surface area contributed by atoms with Crippen molar-refractivity contribution in [3.8, 4) is 0 Å². The van der Waals surface area contributed by atoms with Crippen molar-refractivity contribution in [3.63, 3.8) is 0 Å². The number of carbonyl (C=O) groups is 1. The lowest BCUT2D eigenvalue weighted by Gasteiger charge is -2.61. The van der Waals surface area contributed by atoms with Gasteiger partial charge >= 0.3 is 6.03 Å². The number of benzene rings is 2. The number of nitrogens with one attached hydrogen (secondary N) is 1. The molecule has 1 saturated heterocycles. The number of anilines is 5. The summed E-state index contributed by atoms with van der Waals surface area (Å²) in [4.78, 5) is 33.6. The number of piperazine rings is 1. The first-order valence-electron chi connectivity index (χ1n) is 16.8. The van der Waals surface area contributed by atoms with Gasteiger partial charge in [-0.3, -0.25) is 9.80 Å². The van der Waals surface area contributed by atoms with Gasteiger partial charge in [0.1, 0.15) is 5.82 Å². The van der Waals surface area contributed by atoms with Gasteiger partial charge in [-0.05, 0) is 118 Å². The summed E-state index contributed by atoms with van der Waals surface area (Å²) in [6.07, 6.45) is 8.96. The van der Waals surface area contributed by atoms with E-state index in [0.29, 0.717) is 30.2 Å². The third kappa shape index (κ3) is 4.95. The fourth-order valence-corrected chi connectivity index (χ4v) is 9.57. The lowest BCUT2D eigenvalue weighted by Crippen LogP contribution is -2.65. The summed E-state index contributed by atoms with van der Waals surface area (Å²) in [6.45, 7) is 8.65. The minimum atomic E-state index is -0.217. The predicted octanol–water partition coefficient (Wildman–Crippen LogP) is 6.00. The number of fused-ring (bicyclic) bond motifs is 1. The number of aliphatic hydroxyl groups is 1. The molecule has 0 atom stereocenters. The van der Waals surface area contributed by atoms with Gasteiger partial charge in [0, 0.05) is 49.3 Å². The third-order valence-corrected chi connectivity index (χ3v) is 11.5. The highest BCUT2D eigenvalue weighted by Gasteiger charge is 2.57. The molecule has 236 valence electrons. The molecular formula is C36H45N7O2. The van der Waals surface area contributed by atoms with Gasteiger partial charge < -0.3 is 20.2 Å². The first-order chi connectivity index (χ1) is 21.8. The van der Waals surface area contributed by atoms with Crippen LogP contribution in [0, 0.1) is 31.6 Å². The van der Waals surface area contributed by atoms with Crippen molar-refractivity contribution in [1.29, 1.82) is 0 Å². The van der Waals surface area contributed by atoms with Gasteiger partial charge in [-0.15, -0.1) is 0 Å². The Kier molecular flexibility index (Phi) is 7.02. The van der Waals surface area contributed by atoms with Crippen LogP contribution in [0.25, 0.3) is 0 Å². The molecule has 4 saturated carbocycles. The van der Waals surface area contributed by atoms with Crippen molar-refractivity contribution in [2.24, 2.45) is 17.8 Å². The summed E-state index contributed by atoms with van der Waals surface area (Å²) in [7, 11) is 2.18. The SMILES string of the molecule is Cc1ccc(CO)c(C)c1N1Cc2cnc(Nc3ccc(N4CCN(C)CC4)cc3)nc2N(C23CC4CC(CC(C4)C2)C3)C1=O. The summed E-state index contributed by atoms with van der Waals surface area (Å²) < 4.78 is 0. The summed E-state index contributed by atoms with van der Waals surface area (Å²) >= 11 is 0. The monoisotopic (exact) mass is 607 g/mol. The molecule has 9 nitrogen and oxygen atoms in total. The Morgan fingerprint density at radius 2 is 1.60 bits per heavy atom. The second kappa shape index (κ2) is 11.0. The normalized spacial score (nSPS) is 27.7. The van der Waals surface area contributed by atoms with E-state index in [-0.39, 0.29) is 18.2 Å². The first-order valence-corrected chi connectivity index (χ1v) is 16.8. The van der Waals surface area contributed by atoms with Crippen LogP contribution >= 0.6 is 0 Å². The largest absolute Gasteiger partial charge is 0.392 e. The van der Waals surface area contributed by atoms with Crippen LogP contribution in [-0.4, -0.2) is 64.8 Å². The van der Waals surface area contributed by atoms with Crippen LogP contribution in [0.4, 0.5) is 33.6 Å². The zero-order chi connectivity index (χ0) is 30.9. The highest BCUT2D eigenvalue weighted by molar-refractivity contribution is 6.07. The fourth-order valence-electron chi connectivity index (χ4n) is 9.57. The smallest absolute Gasteiger partial charge is 0.331 e. The first kappa shape index (κ1) is 28.8. The second-order valence-electron chi connectivity index (χ2n) is 14.5. The topological polar surface area (TPSA) is 88.1 Å². The zero-order valence-corrected chi connectivity index (χ0v) is 26.8. The number of carbonyl (C=O) groups excluding carboxylic acids is 1. The Balaban J connectivity index is 1.15. The predicted molar refractivity (Wildman–Crippen MR) is 178 cm³/mol. The number of rotatable bonds is 6. The summed E-state index contributed by atoms with van der Waals surface area (Å²) in [5.74, 6) is 3.33. The van der Waals surface area contributed by atoms with E-state index < -0.39 is 0 Å². The van der Waals surface area contributed by atoms with Gasteiger partial charge in [0.15, 0.2) is 0 Å². The van der Waals surface area contributed by atoms with Crippen LogP contribution < -0.4 is 20.0 Å². The average molecular weight is 608 g/mol. The molecule has 45 heavy (non-hydrogen) atoms. The molecule has 9 rings (SSSR count). The van der Waals surface area contributed by atoms with Crippen LogP contribution in [0.2, 0.25) is 0 Å². The van der Waals surface area contributed by atoms with Crippen molar-refractivity contribution < 1.29 is 9.90 Å². The second-order valence-corrected chi connectivity index (χ2v) is 14.5. The Morgan fingerprint density at radius 3 is 2.24 bits per heavy atom. The molecule has 0 unspecified atom stereocenters. The van der Waals surface area contributed by atoms with Gasteiger partial charge in [-0.25, -0.2) is 9.78 Å². The lowest BCUT2D eigenvalue weighted by molar-refractivity contribution is -0.000910. The number of aliphatic hydroxyl groups excluding tert-OH is 1. The molecule has 3 aromatic rings. The lowest BCUT2D eigenvalue weighted by atomic mass is 9.52. The van der Waals surface area contributed by atoms with Crippen molar-refractivity contribution in [3.05, 3.63) is 64.8 Å². The van der Waals surface area contributed by atoms with E-state index in [1.165, 1.54) is 24.9 Å². The quantitative estimate of drug-likeness (QED) is 0.356. The van der Waals surface area contributed by atoms with E-state index in [1.807, 2.05) is 30.2 Å². The summed E-state index contributed by atoms with van der Waals surface area (Å²) in [6, 6.07) is 12.5. The Hall–Kier alpha value is -3.69. The molecule has 4 aliphatic carbocycles. The number of nitrogens with zero attached hydrogens (tertiary/aromatic N) is 6. The molecule has 4 bridgehead atoms. The molecule has 3 heterocycles. The van der Waals surface area contributed by atoms with E-state index in [2.05, 4.69) is 58.3 Å². The average Bonchev–Trinajstić information content (AvgIpc) is 3.01. The van der Waals surface area contributed by atoms with E-state index in [1.54, 1.807) is 0 Å². The molecule has 2 aromatic carbocycles. The Morgan fingerprint density at radius 1 is 0.933 bits per heavy atom. The Bertz CT molecular complexity index is 1580. The number of urea groups is 1. The van der Waals surface area contributed by atoms with Gasteiger partial charge in [-0.1, -0.05) is 12.1 Å². The Labute approximate surface area is 266 Å². The van der Waals surface area contributed by atoms with Gasteiger partial charge in [0.05, 0.1) is 24.4 Å². The standard InChI is InChI=1S/C36H45N7O2/c1-23-4-5-28(22-44)24(2)32(23)42-21-29-20-37-34(38-30-6-8-31(9-7-30)41-12-10-40(3)11-13-41)39-33(29)43(35(42)45)36-17-25-14-26(18-36)16-27(15-25)19-36/h4-9,20,25-27,44H,10-19,21-22H2,1-3H3,(H,37,38,39). The maximum Gasteiger partial charge on any atom is 0.331 e.